The minimum absolute atomic E-state index is 0.121. The molecule has 1 unspecified atom stereocenters. The van der Waals surface area contributed by atoms with Gasteiger partial charge in [-0.2, -0.15) is 4.98 Å². The van der Waals surface area contributed by atoms with Crippen LogP contribution >= 0.6 is 11.3 Å². The number of nitrogens with one attached hydrogen (secondary N) is 1. The van der Waals surface area contributed by atoms with Crippen molar-refractivity contribution in [3.8, 4) is 16.5 Å². The van der Waals surface area contributed by atoms with Crippen LogP contribution in [0.3, 0.4) is 0 Å². The number of rotatable bonds is 8. The maximum atomic E-state index is 13.0. The summed E-state index contributed by atoms with van der Waals surface area (Å²) in [6, 6.07) is 11.1. The molecule has 0 aliphatic carbocycles. The van der Waals surface area contributed by atoms with E-state index in [-0.39, 0.29) is 6.03 Å². The largest absolute Gasteiger partial charge is 0.494 e. The highest BCUT2D eigenvalue weighted by atomic mass is 32.1. The molecule has 0 fully saturated rings. The molecular weight excluding hydrogens is 424 g/mol. The summed E-state index contributed by atoms with van der Waals surface area (Å²) < 4.78 is 11.3. The van der Waals surface area contributed by atoms with E-state index in [9.17, 15) is 4.79 Å². The Balaban J connectivity index is 1.75. The number of amides is 2. The first-order valence-electron chi connectivity index (χ1n) is 10.9. The predicted molar refractivity (Wildman–Crippen MR) is 125 cm³/mol. The second kappa shape index (κ2) is 9.56. The van der Waals surface area contributed by atoms with Crippen molar-refractivity contribution in [1.29, 1.82) is 0 Å². The van der Waals surface area contributed by atoms with E-state index in [2.05, 4.69) is 29.3 Å². The van der Waals surface area contributed by atoms with Crippen LogP contribution in [-0.2, 0) is 0 Å². The highest BCUT2D eigenvalue weighted by molar-refractivity contribution is 7.13. The summed E-state index contributed by atoms with van der Waals surface area (Å²) in [5.74, 6) is 2.24. The van der Waals surface area contributed by atoms with Crippen LogP contribution < -0.4 is 10.1 Å². The van der Waals surface area contributed by atoms with Gasteiger partial charge in [-0.1, -0.05) is 37.2 Å². The van der Waals surface area contributed by atoms with Gasteiger partial charge in [-0.25, -0.2) is 4.79 Å². The Kier molecular flexibility index (Phi) is 6.60. The third-order valence-electron chi connectivity index (χ3n) is 5.45. The fourth-order valence-electron chi connectivity index (χ4n) is 3.73. The first kappa shape index (κ1) is 22.1. The Bertz CT molecular complexity index is 1090. The summed E-state index contributed by atoms with van der Waals surface area (Å²) in [6.07, 6.45) is 0.899. The second-order valence-electron chi connectivity index (χ2n) is 8.12. The van der Waals surface area contributed by atoms with Crippen molar-refractivity contribution in [2.24, 2.45) is 5.92 Å². The summed E-state index contributed by atoms with van der Waals surface area (Å²) in [5, 5.41) is 9.32. The molecule has 168 valence electrons. The molecule has 1 atom stereocenters. The monoisotopic (exact) mass is 452 g/mol. The first-order chi connectivity index (χ1) is 15.5. The van der Waals surface area contributed by atoms with E-state index in [1.165, 1.54) is 0 Å². The zero-order valence-corrected chi connectivity index (χ0v) is 19.6. The van der Waals surface area contributed by atoms with E-state index in [1.54, 1.807) is 16.2 Å². The second-order valence-corrected chi connectivity index (χ2v) is 9.07. The van der Waals surface area contributed by atoms with E-state index in [1.807, 2.05) is 55.6 Å². The van der Waals surface area contributed by atoms with E-state index >= 15 is 0 Å². The summed E-state index contributed by atoms with van der Waals surface area (Å²) >= 11 is 1.56. The SMILES string of the molecule is CCOc1ccc(C2NC(=O)N(CCC(C)C)C(C)=C2c2nc(-c3cccs3)no2)cc1. The lowest BCUT2D eigenvalue weighted by Gasteiger charge is -2.35. The zero-order valence-electron chi connectivity index (χ0n) is 18.8. The van der Waals surface area contributed by atoms with Crippen molar-refractivity contribution < 1.29 is 14.1 Å². The molecule has 0 radical (unpaired) electrons. The van der Waals surface area contributed by atoms with Crippen LogP contribution in [0.2, 0.25) is 0 Å². The summed E-state index contributed by atoms with van der Waals surface area (Å²) in [7, 11) is 0. The lowest BCUT2D eigenvalue weighted by molar-refractivity contribution is 0.202. The average Bonchev–Trinajstić information content (AvgIpc) is 3.46. The van der Waals surface area contributed by atoms with Gasteiger partial charge in [-0.05, 0) is 55.3 Å². The summed E-state index contributed by atoms with van der Waals surface area (Å²) in [4.78, 5) is 20.4. The lowest BCUT2D eigenvalue weighted by Crippen LogP contribution is -2.46. The molecule has 0 saturated heterocycles. The van der Waals surface area contributed by atoms with E-state index in [0.29, 0.717) is 30.8 Å². The molecule has 0 spiro atoms. The lowest BCUT2D eigenvalue weighted by atomic mass is 9.94. The Labute approximate surface area is 192 Å². The van der Waals surface area contributed by atoms with Crippen molar-refractivity contribution in [3.05, 3.63) is 58.9 Å². The van der Waals surface area contributed by atoms with E-state index in [0.717, 1.165) is 33.9 Å². The van der Waals surface area contributed by atoms with E-state index < -0.39 is 6.04 Å². The number of thiophene rings is 1. The maximum Gasteiger partial charge on any atom is 0.322 e. The Morgan fingerprint density at radius 2 is 2.03 bits per heavy atom. The molecule has 8 heteroatoms. The molecular formula is C24H28N4O3S. The number of carbonyl (C=O) groups excluding carboxylic acids is 1. The number of ether oxygens (including phenoxy) is 1. The smallest absolute Gasteiger partial charge is 0.322 e. The van der Waals surface area contributed by atoms with Gasteiger partial charge in [0.2, 0.25) is 5.82 Å². The van der Waals surface area contributed by atoms with Crippen molar-refractivity contribution in [1.82, 2.24) is 20.4 Å². The Morgan fingerprint density at radius 3 is 2.69 bits per heavy atom. The van der Waals surface area contributed by atoms with Crippen LogP contribution in [0.1, 0.15) is 51.6 Å². The molecule has 0 saturated carbocycles. The van der Waals surface area contributed by atoms with Crippen LogP contribution in [0.15, 0.2) is 52.0 Å². The van der Waals surface area contributed by atoms with Gasteiger partial charge in [-0.15, -0.1) is 11.3 Å². The van der Waals surface area contributed by atoms with Gasteiger partial charge in [0.25, 0.3) is 5.89 Å². The van der Waals surface area contributed by atoms with Gasteiger partial charge in [0, 0.05) is 12.2 Å². The van der Waals surface area contributed by atoms with Crippen LogP contribution in [-0.4, -0.2) is 34.2 Å². The highest BCUT2D eigenvalue weighted by Gasteiger charge is 2.35. The number of nitrogens with zero attached hydrogens (tertiary/aromatic N) is 3. The minimum atomic E-state index is -0.398. The van der Waals surface area contributed by atoms with Crippen molar-refractivity contribution >= 4 is 22.9 Å². The molecule has 7 nitrogen and oxygen atoms in total. The van der Waals surface area contributed by atoms with Crippen LogP contribution in [0.5, 0.6) is 5.75 Å². The molecule has 2 aromatic heterocycles. The third-order valence-corrected chi connectivity index (χ3v) is 6.31. The van der Waals surface area contributed by atoms with Crippen molar-refractivity contribution in [2.45, 2.75) is 40.2 Å². The molecule has 3 aromatic rings. The van der Waals surface area contributed by atoms with Crippen LogP contribution in [0, 0.1) is 5.92 Å². The van der Waals surface area contributed by atoms with Gasteiger partial charge in [-0.3, -0.25) is 4.90 Å². The first-order valence-corrected chi connectivity index (χ1v) is 11.8. The third kappa shape index (κ3) is 4.55. The molecule has 1 aliphatic rings. The van der Waals surface area contributed by atoms with Crippen molar-refractivity contribution in [3.63, 3.8) is 0 Å². The molecule has 3 heterocycles. The van der Waals surface area contributed by atoms with E-state index in [4.69, 9.17) is 9.26 Å². The van der Waals surface area contributed by atoms with Gasteiger partial charge in [0.1, 0.15) is 5.75 Å². The van der Waals surface area contributed by atoms with Crippen LogP contribution in [0.25, 0.3) is 16.3 Å². The number of hydrogen-bond donors (Lipinski definition) is 1. The number of benzene rings is 1. The number of aromatic nitrogens is 2. The molecule has 1 N–H and O–H groups in total. The number of urea groups is 1. The summed E-state index contributed by atoms with van der Waals surface area (Å²) in [6.45, 7) is 9.42. The van der Waals surface area contributed by atoms with Gasteiger partial charge in [0.05, 0.1) is 23.1 Å². The average molecular weight is 453 g/mol. The standard InChI is InChI=1S/C24H28N4O3S/c1-5-30-18-10-8-17(9-11-18)21-20(16(4)28(24(29)25-21)13-12-15(2)3)23-26-22(27-31-23)19-7-6-14-32-19/h6-11,14-15,21H,5,12-13H2,1-4H3,(H,25,29). The molecule has 1 aromatic carbocycles. The normalized spacial score (nSPS) is 16.6. The molecule has 2 amide bonds. The highest BCUT2D eigenvalue weighted by Crippen LogP contribution is 2.38. The Hall–Kier alpha value is -3.13. The zero-order chi connectivity index (χ0) is 22.7. The fraction of sp³-hybridized carbons (Fsp3) is 0.375. The molecule has 32 heavy (non-hydrogen) atoms. The van der Waals surface area contributed by atoms with Gasteiger partial charge >= 0.3 is 6.03 Å². The maximum absolute atomic E-state index is 13.0. The van der Waals surface area contributed by atoms with Gasteiger partial charge < -0.3 is 14.6 Å². The fourth-order valence-corrected chi connectivity index (χ4v) is 4.38. The summed E-state index contributed by atoms with van der Waals surface area (Å²) in [5.41, 5.74) is 2.57. The topological polar surface area (TPSA) is 80.5 Å². The molecule has 4 rings (SSSR count). The molecule has 0 bridgehead atoms. The quantitative estimate of drug-likeness (QED) is 0.471. The van der Waals surface area contributed by atoms with Crippen LogP contribution in [0.4, 0.5) is 4.79 Å². The molecule has 1 aliphatic heterocycles. The predicted octanol–water partition coefficient (Wildman–Crippen LogP) is 5.74. The number of hydrogen-bond acceptors (Lipinski definition) is 6. The minimum Gasteiger partial charge on any atom is -0.494 e. The van der Waals surface area contributed by atoms with Gasteiger partial charge in [0.15, 0.2) is 0 Å². The number of carbonyl (C=O) groups is 1. The van der Waals surface area contributed by atoms with Crippen molar-refractivity contribution in [2.75, 3.05) is 13.2 Å². The number of allylic oxidation sites excluding steroid dienone is 1. The Morgan fingerprint density at radius 1 is 1.25 bits per heavy atom.